The zero-order chi connectivity index (χ0) is 76.2. The van der Waals surface area contributed by atoms with Crippen LogP contribution in [0.1, 0.15) is 138 Å². The number of benzene rings is 2. The average molecular weight is 1430 g/mol. The van der Waals surface area contributed by atoms with Crippen LogP contribution in [0.4, 0.5) is 23.7 Å². The molecule has 27 nitrogen and oxygen atoms in total. The van der Waals surface area contributed by atoms with E-state index in [1.54, 1.807) is 81.1 Å². The molecule has 11 atom stereocenters. The van der Waals surface area contributed by atoms with Gasteiger partial charge in [0.15, 0.2) is 0 Å². The molecule has 1 saturated heterocycles. The number of likely N-dealkylation sites (N-methyl/N-ethyl adjacent to an activating group) is 3. The summed E-state index contributed by atoms with van der Waals surface area (Å²) in [4.78, 5) is 163. The van der Waals surface area contributed by atoms with Gasteiger partial charge in [0, 0.05) is 85.2 Å². The predicted octanol–water partition coefficient (Wildman–Crippen LogP) is 5.21. The number of halogens is 3. The van der Waals surface area contributed by atoms with Gasteiger partial charge in [-0.25, -0.2) is 14.4 Å². The highest BCUT2D eigenvalue weighted by molar-refractivity contribution is 6.12. The van der Waals surface area contributed by atoms with Crippen LogP contribution < -0.4 is 37.2 Å². The van der Waals surface area contributed by atoms with E-state index in [-0.39, 0.29) is 97.9 Å². The summed E-state index contributed by atoms with van der Waals surface area (Å²) in [5.41, 5.74) is 7.49. The summed E-state index contributed by atoms with van der Waals surface area (Å²) >= 11 is 0. The SMILES string of the molecule is CC[C@H](C)[C@@H]([C@@H](CC(=O)N1CCCC1[C@H](OC)[C@@H](C)C(=O)N[C@@H](Cc1ccccc1)C(=O)O)OC)N(C)C(=O)C(NC(=O)C(C(C)C)N(C)CCc1ccc(N(C)C(=O)C(CCCNC(N)=O)NC(=O)C(NC(=O)CCCCCN2C(=O)C=CC2=O)C(C)C)cc1)C(C)C.O=C(O)C(F)(F)F. The van der Waals surface area contributed by atoms with E-state index in [9.17, 15) is 71.0 Å². The Hall–Kier alpha value is -8.51. The lowest BCUT2D eigenvalue weighted by Gasteiger charge is -2.41. The number of ether oxygens (including phenoxy) is 2. The van der Waals surface area contributed by atoms with Crippen LogP contribution in [0.5, 0.6) is 0 Å². The largest absolute Gasteiger partial charge is 0.490 e. The van der Waals surface area contributed by atoms with Crippen molar-refractivity contribution in [2.75, 3.05) is 66.4 Å². The van der Waals surface area contributed by atoms with Gasteiger partial charge in [0.1, 0.15) is 24.2 Å². The molecule has 1 fully saturated rings. The number of nitrogens with two attached hydrogens (primary N) is 1. The Labute approximate surface area is 590 Å². The molecule has 2 aliphatic rings. The molecule has 0 aliphatic carbocycles. The van der Waals surface area contributed by atoms with Gasteiger partial charge in [0.05, 0.1) is 42.7 Å². The maximum atomic E-state index is 14.9. The summed E-state index contributed by atoms with van der Waals surface area (Å²) in [6, 6.07) is 9.74. The van der Waals surface area contributed by atoms with E-state index in [1.807, 2.05) is 71.7 Å². The number of alkyl halides is 3. The number of nitrogens with one attached hydrogen (secondary N) is 5. The van der Waals surface area contributed by atoms with Crippen molar-refractivity contribution >= 4 is 76.8 Å². The lowest BCUT2D eigenvalue weighted by atomic mass is 9.89. The molecular formula is C71H108F3N11O16. The van der Waals surface area contributed by atoms with Gasteiger partial charge in [-0.2, -0.15) is 13.2 Å². The fraction of sp³-hybridized carbons (Fsp3) is 0.634. The molecule has 2 aromatic carbocycles. The summed E-state index contributed by atoms with van der Waals surface area (Å²) in [6.45, 7) is 18.1. The van der Waals surface area contributed by atoms with Gasteiger partial charge in [-0.15, -0.1) is 0 Å². The summed E-state index contributed by atoms with van der Waals surface area (Å²) in [6.07, 6.45) is 0.301. The first-order chi connectivity index (χ1) is 47.4. The van der Waals surface area contributed by atoms with Crippen LogP contribution in [0, 0.1) is 29.6 Å². The monoisotopic (exact) mass is 1430 g/mol. The summed E-state index contributed by atoms with van der Waals surface area (Å²) in [5, 5.41) is 31.1. The highest BCUT2D eigenvalue weighted by atomic mass is 19.4. The average Bonchev–Trinajstić information content (AvgIpc) is 1.80. The number of carbonyl (C=O) groups excluding carboxylic acids is 10. The number of primary amides is 1. The molecule has 101 heavy (non-hydrogen) atoms. The molecule has 0 spiro atoms. The molecule has 0 bridgehead atoms. The number of likely N-dealkylation sites (tertiary alicyclic amines) is 1. The number of nitrogens with zero attached hydrogens (tertiary/aromatic N) is 5. The van der Waals surface area contributed by atoms with Gasteiger partial charge in [-0.05, 0) is 98.9 Å². The van der Waals surface area contributed by atoms with Crippen molar-refractivity contribution in [1.29, 1.82) is 0 Å². The van der Waals surface area contributed by atoms with Crippen molar-refractivity contribution in [3.8, 4) is 0 Å². The number of methoxy groups -OCH3 is 2. The number of rotatable bonds is 40. The number of carboxylic acid groups (broad SMARTS) is 2. The Morgan fingerprint density at radius 1 is 0.703 bits per heavy atom. The first-order valence-corrected chi connectivity index (χ1v) is 34.4. The number of unbranched alkanes of at least 4 members (excludes halogenated alkanes) is 2. The molecule has 4 rings (SSSR count). The number of anilines is 1. The van der Waals surface area contributed by atoms with Gasteiger partial charge in [-0.3, -0.25) is 53.0 Å². The molecule has 9 N–H and O–H groups in total. The van der Waals surface area contributed by atoms with Gasteiger partial charge in [0.2, 0.25) is 41.4 Å². The van der Waals surface area contributed by atoms with Crippen molar-refractivity contribution in [1.82, 2.24) is 46.2 Å². The number of carboxylic acids is 2. The number of imide groups is 1. The number of amides is 11. The van der Waals surface area contributed by atoms with Crippen LogP contribution in [0.3, 0.4) is 0 Å². The Balaban J connectivity index is 0.00000358. The van der Waals surface area contributed by atoms with Crippen molar-refractivity contribution in [3.05, 3.63) is 77.9 Å². The van der Waals surface area contributed by atoms with E-state index in [2.05, 4.69) is 26.6 Å². The van der Waals surface area contributed by atoms with Gasteiger partial charge in [-0.1, -0.05) is 118 Å². The maximum absolute atomic E-state index is 14.9. The highest BCUT2D eigenvalue weighted by Crippen LogP contribution is 2.31. The van der Waals surface area contributed by atoms with Crippen LogP contribution in [0.15, 0.2) is 66.7 Å². The first-order valence-electron chi connectivity index (χ1n) is 34.4. The second-order valence-electron chi connectivity index (χ2n) is 27.0. The molecule has 564 valence electrons. The number of hydrogen-bond donors (Lipinski definition) is 8. The molecule has 2 heterocycles. The van der Waals surface area contributed by atoms with Crippen LogP contribution >= 0.6 is 0 Å². The van der Waals surface area contributed by atoms with Crippen LogP contribution in [0.2, 0.25) is 0 Å². The lowest BCUT2D eigenvalue weighted by Crippen LogP contribution is -2.60. The Morgan fingerprint density at radius 2 is 1.30 bits per heavy atom. The third-order valence-corrected chi connectivity index (χ3v) is 18.4. The molecule has 11 amide bonds. The second-order valence-corrected chi connectivity index (χ2v) is 27.0. The maximum Gasteiger partial charge on any atom is 0.490 e. The topological polar surface area (TPSA) is 366 Å². The highest BCUT2D eigenvalue weighted by Gasteiger charge is 2.44. The minimum absolute atomic E-state index is 0.0899. The van der Waals surface area contributed by atoms with E-state index in [0.29, 0.717) is 70.1 Å². The molecule has 2 aromatic rings. The molecule has 0 saturated carbocycles. The van der Waals surface area contributed by atoms with Crippen LogP contribution in [0.25, 0.3) is 0 Å². The minimum atomic E-state index is -5.08. The zero-order valence-electron chi connectivity index (χ0n) is 60.8. The summed E-state index contributed by atoms with van der Waals surface area (Å²) in [5.74, 6) is -9.27. The van der Waals surface area contributed by atoms with Gasteiger partial charge in [0.25, 0.3) is 11.8 Å². The van der Waals surface area contributed by atoms with Crippen LogP contribution in [-0.2, 0) is 75.1 Å². The summed E-state index contributed by atoms with van der Waals surface area (Å²) in [7, 11) is 8.11. The van der Waals surface area contributed by atoms with Gasteiger partial charge >= 0.3 is 24.1 Å². The predicted molar refractivity (Wildman–Crippen MR) is 371 cm³/mol. The lowest BCUT2D eigenvalue weighted by molar-refractivity contribution is -0.192. The number of aliphatic carboxylic acids is 2. The van der Waals surface area contributed by atoms with E-state index < -0.39 is 102 Å². The molecule has 2 aliphatic heterocycles. The standard InChI is InChI=1S/C69H107N11O14.C2HF3O2/c1-15-45(8)61(53(93-13)41-57(84)79-38-23-27-52(79)62(94-14)46(9)63(85)73-51(68(90)91)40-48-24-18-16-19-25-48)78(12)67(89)59(43(4)5)75-65(87)60(44(6)7)76(10)39-35-47-29-31-49(32-30-47)77(11)66(88)50(26-22-36-71-69(70)92)72-64(86)58(42(2)3)74-54(81)28-20-17-21-37-80-55(82)33-34-56(80)83;3-2(4,5)1(6)7/h16,18-19,24-25,29-34,42-46,50-53,58-62H,15,17,20-23,26-28,35-41H2,1-14H3,(H,72,86)(H,73,85)(H,74,81)(H,75,87)(H,90,91)(H3,70,71,92);(H,6,7)/t45-,46+,50?,51-,52?,53+,58?,59?,60?,61-,62+;/m0./s1. The third-order valence-electron chi connectivity index (χ3n) is 18.4. The Morgan fingerprint density at radius 3 is 1.82 bits per heavy atom. The minimum Gasteiger partial charge on any atom is -0.480 e. The first kappa shape index (κ1) is 86.7. The van der Waals surface area contributed by atoms with Crippen molar-refractivity contribution in [3.63, 3.8) is 0 Å². The smallest absolute Gasteiger partial charge is 0.480 e. The van der Waals surface area contributed by atoms with Crippen molar-refractivity contribution in [2.45, 2.75) is 200 Å². The summed E-state index contributed by atoms with van der Waals surface area (Å²) < 4.78 is 43.8. The van der Waals surface area contributed by atoms with Crippen molar-refractivity contribution < 1.29 is 90.4 Å². The zero-order valence-corrected chi connectivity index (χ0v) is 60.8. The molecule has 0 aromatic heterocycles. The third kappa shape index (κ3) is 27.1. The molecular weight excluding hydrogens is 1320 g/mol. The molecule has 0 radical (unpaired) electrons. The van der Waals surface area contributed by atoms with Gasteiger partial charge < -0.3 is 66.7 Å². The number of urea groups is 1. The normalized spacial score (nSPS) is 16.8. The Bertz CT molecular complexity index is 3100. The van der Waals surface area contributed by atoms with Crippen LogP contribution in [-0.4, -0.2) is 223 Å². The second kappa shape index (κ2) is 42.0. The van der Waals surface area contributed by atoms with E-state index in [0.717, 1.165) is 16.0 Å². The quantitative estimate of drug-likeness (QED) is 0.0313. The molecule has 5 unspecified atom stereocenters. The Kier molecular flexibility index (Phi) is 36.1. The van der Waals surface area contributed by atoms with E-state index in [1.165, 1.54) is 31.3 Å². The fourth-order valence-corrected chi connectivity index (χ4v) is 12.5. The molecule has 30 heteroatoms. The number of carbonyl (C=O) groups is 12. The fourth-order valence-electron chi connectivity index (χ4n) is 12.5. The van der Waals surface area contributed by atoms with E-state index >= 15 is 0 Å². The number of hydrogen-bond acceptors (Lipinski definition) is 15. The van der Waals surface area contributed by atoms with E-state index in [4.69, 9.17) is 25.1 Å². The van der Waals surface area contributed by atoms with Crippen molar-refractivity contribution in [2.24, 2.45) is 35.3 Å².